The fourth-order valence-electron chi connectivity index (χ4n) is 2.93. The standard InChI is InChI=1S/C20H21ClFNO2S/c21-18-6-3-7-19(22)17(18)12-26-13-20(24)23-14-8-10-16(11-9-14)25-15-4-1-2-5-15/h3,6-11,15H,1-2,4-5,12-13H2,(H,23,24). The van der Waals surface area contributed by atoms with Gasteiger partial charge in [0, 0.05) is 22.0 Å². The first-order valence-corrected chi connectivity index (χ1v) is 10.2. The third-order valence-corrected chi connectivity index (χ3v) is 5.60. The molecule has 0 atom stereocenters. The van der Waals surface area contributed by atoms with E-state index in [1.165, 1.54) is 30.7 Å². The Morgan fingerprint density at radius 2 is 1.92 bits per heavy atom. The Bertz CT molecular complexity index is 728. The predicted octanol–water partition coefficient (Wildman–Crippen LogP) is 5.67. The van der Waals surface area contributed by atoms with E-state index >= 15 is 0 Å². The van der Waals surface area contributed by atoms with Gasteiger partial charge in [0.05, 0.1) is 11.9 Å². The minimum Gasteiger partial charge on any atom is -0.490 e. The first-order valence-electron chi connectivity index (χ1n) is 8.69. The van der Waals surface area contributed by atoms with Crippen molar-refractivity contribution in [2.45, 2.75) is 37.5 Å². The number of benzene rings is 2. The molecule has 0 bridgehead atoms. The molecule has 0 aliphatic heterocycles. The summed E-state index contributed by atoms with van der Waals surface area (Å²) in [5, 5.41) is 3.22. The third kappa shape index (κ3) is 5.39. The number of ether oxygens (including phenoxy) is 1. The van der Waals surface area contributed by atoms with E-state index in [2.05, 4.69) is 5.32 Å². The molecule has 0 saturated heterocycles. The smallest absolute Gasteiger partial charge is 0.234 e. The Balaban J connectivity index is 1.44. The maximum Gasteiger partial charge on any atom is 0.234 e. The molecule has 1 saturated carbocycles. The molecule has 0 aromatic heterocycles. The summed E-state index contributed by atoms with van der Waals surface area (Å²) in [5.41, 5.74) is 1.15. The maximum absolute atomic E-state index is 13.7. The van der Waals surface area contributed by atoms with Gasteiger partial charge in [-0.15, -0.1) is 11.8 Å². The minimum absolute atomic E-state index is 0.132. The molecule has 0 heterocycles. The molecule has 0 unspecified atom stereocenters. The highest BCUT2D eigenvalue weighted by Crippen LogP contribution is 2.26. The van der Waals surface area contributed by atoms with E-state index in [0.717, 1.165) is 24.3 Å². The zero-order valence-electron chi connectivity index (χ0n) is 14.3. The van der Waals surface area contributed by atoms with Gasteiger partial charge in [0.2, 0.25) is 5.91 Å². The van der Waals surface area contributed by atoms with Crippen molar-refractivity contribution in [1.29, 1.82) is 0 Å². The van der Waals surface area contributed by atoms with Gasteiger partial charge < -0.3 is 10.1 Å². The highest BCUT2D eigenvalue weighted by molar-refractivity contribution is 7.99. The molecule has 1 amide bonds. The summed E-state index contributed by atoms with van der Waals surface area (Å²) in [6, 6.07) is 12.0. The molecule has 1 aliphatic rings. The second kappa shape index (κ2) is 9.28. The number of hydrogen-bond acceptors (Lipinski definition) is 3. The van der Waals surface area contributed by atoms with Crippen LogP contribution in [-0.4, -0.2) is 17.8 Å². The van der Waals surface area contributed by atoms with Crippen LogP contribution < -0.4 is 10.1 Å². The summed E-state index contributed by atoms with van der Waals surface area (Å²) in [7, 11) is 0. The molecule has 2 aromatic rings. The molecular weight excluding hydrogens is 373 g/mol. The molecule has 6 heteroatoms. The van der Waals surface area contributed by atoms with Gasteiger partial charge in [0.25, 0.3) is 0 Å². The van der Waals surface area contributed by atoms with E-state index in [1.54, 1.807) is 12.1 Å². The highest BCUT2D eigenvalue weighted by atomic mass is 35.5. The van der Waals surface area contributed by atoms with Gasteiger partial charge >= 0.3 is 0 Å². The van der Waals surface area contributed by atoms with Crippen molar-refractivity contribution >= 4 is 35.0 Å². The van der Waals surface area contributed by atoms with Crippen molar-refractivity contribution in [3.63, 3.8) is 0 Å². The SMILES string of the molecule is O=C(CSCc1c(F)cccc1Cl)Nc1ccc(OC2CCCC2)cc1. The van der Waals surface area contributed by atoms with Crippen LogP contribution >= 0.6 is 23.4 Å². The lowest BCUT2D eigenvalue weighted by molar-refractivity contribution is -0.113. The van der Waals surface area contributed by atoms with Crippen LogP contribution in [0.3, 0.4) is 0 Å². The van der Waals surface area contributed by atoms with Crippen molar-refractivity contribution < 1.29 is 13.9 Å². The van der Waals surface area contributed by atoms with E-state index in [0.29, 0.717) is 22.4 Å². The lowest BCUT2D eigenvalue weighted by atomic mass is 10.2. The Hall–Kier alpha value is -1.72. The predicted molar refractivity (Wildman–Crippen MR) is 106 cm³/mol. The summed E-state index contributed by atoms with van der Waals surface area (Å²) in [5.74, 6) is 0.937. The van der Waals surface area contributed by atoms with Gasteiger partial charge in [-0.3, -0.25) is 4.79 Å². The quantitative estimate of drug-likeness (QED) is 0.658. The number of halogens is 2. The van der Waals surface area contributed by atoms with Crippen LogP contribution in [-0.2, 0) is 10.5 Å². The number of amides is 1. The number of thioether (sulfide) groups is 1. The van der Waals surface area contributed by atoms with Crippen LogP contribution in [0.15, 0.2) is 42.5 Å². The largest absolute Gasteiger partial charge is 0.490 e. The first-order chi connectivity index (χ1) is 12.6. The van der Waals surface area contributed by atoms with Crippen LogP contribution in [0.2, 0.25) is 5.02 Å². The Morgan fingerprint density at radius 3 is 2.62 bits per heavy atom. The second-order valence-electron chi connectivity index (χ2n) is 6.29. The van der Waals surface area contributed by atoms with Gasteiger partial charge in [0.15, 0.2) is 0 Å². The Morgan fingerprint density at radius 1 is 1.19 bits per heavy atom. The molecule has 3 rings (SSSR count). The molecule has 2 aromatic carbocycles. The maximum atomic E-state index is 13.7. The van der Waals surface area contributed by atoms with Crippen molar-refractivity contribution in [1.82, 2.24) is 0 Å². The number of carbonyl (C=O) groups excluding carboxylic acids is 1. The Kier molecular flexibility index (Phi) is 6.80. The minimum atomic E-state index is -0.344. The van der Waals surface area contributed by atoms with Crippen LogP contribution in [0, 0.1) is 5.82 Å². The molecule has 3 nitrogen and oxygen atoms in total. The molecule has 26 heavy (non-hydrogen) atoms. The van der Waals surface area contributed by atoms with E-state index in [1.807, 2.05) is 24.3 Å². The number of anilines is 1. The van der Waals surface area contributed by atoms with Crippen LogP contribution in [0.1, 0.15) is 31.2 Å². The summed E-state index contributed by atoms with van der Waals surface area (Å²) >= 11 is 7.31. The average Bonchev–Trinajstić information content (AvgIpc) is 3.12. The van der Waals surface area contributed by atoms with Gasteiger partial charge in [-0.05, 0) is 62.1 Å². The van der Waals surface area contributed by atoms with E-state index < -0.39 is 0 Å². The number of rotatable bonds is 7. The summed E-state index contributed by atoms with van der Waals surface area (Å²) in [4.78, 5) is 12.0. The van der Waals surface area contributed by atoms with Gasteiger partial charge in [-0.25, -0.2) is 4.39 Å². The zero-order chi connectivity index (χ0) is 18.4. The molecule has 0 radical (unpaired) electrons. The monoisotopic (exact) mass is 393 g/mol. The molecule has 1 N–H and O–H groups in total. The van der Waals surface area contributed by atoms with Crippen molar-refractivity contribution in [2.75, 3.05) is 11.1 Å². The van der Waals surface area contributed by atoms with Gasteiger partial charge in [0.1, 0.15) is 11.6 Å². The van der Waals surface area contributed by atoms with Crippen LogP contribution in [0.25, 0.3) is 0 Å². The topological polar surface area (TPSA) is 38.3 Å². The van der Waals surface area contributed by atoms with Crippen LogP contribution in [0.5, 0.6) is 5.75 Å². The molecule has 0 spiro atoms. The average molecular weight is 394 g/mol. The zero-order valence-corrected chi connectivity index (χ0v) is 15.9. The molecule has 138 valence electrons. The normalized spacial score (nSPS) is 14.4. The number of carbonyl (C=O) groups is 1. The van der Waals surface area contributed by atoms with E-state index in [9.17, 15) is 9.18 Å². The van der Waals surface area contributed by atoms with Crippen molar-refractivity contribution in [2.24, 2.45) is 0 Å². The van der Waals surface area contributed by atoms with Crippen molar-refractivity contribution in [3.8, 4) is 5.75 Å². The molecule has 1 fully saturated rings. The molecule has 1 aliphatic carbocycles. The fraction of sp³-hybridized carbons (Fsp3) is 0.350. The van der Waals surface area contributed by atoms with E-state index in [4.69, 9.17) is 16.3 Å². The van der Waals surface area contributed by atoms with Gasteiger partial charge in [-0.1, -0.05) is 17.7 Å². The summed E-state index contributed by atoms with van der Waals surface area (Å²) in [6.45, 7) is 0. The van der Waals surface area contributed by atoms with Crippen LogP contribution in [0.4, 0.5) is 10.1 Å². The summed E-state index contributed by atoms with van der Waals surface area (Å²) in [6.07, 6.45) is 5.00. The number of hydrogen-bond donors (Lipinski definition) is 1. The lowest BCUT2D eigenvalue weighted by Gasteiger charge is -2.13. The summed E-state index contributed by atoms with van der Waals surface area (Å²) < 4.78 is 19.6. The third-order valence-electron chi connectivity index (χ3n) is 4.28. The van der Waals surface area contributed by atoms with Crippen molar-refractivity contribution in [3.05, 3.63) is 58.9 Å². The Labute approximate surface area is 162 Å². The lowest BCUT2D eigenvalue weighted by Crippen LogP contribution is -2.14. The fourth-order valence-corrected chi connectivity index (χ4v) is 4.09. The molecular formula is C20H21ClFNO2S. The number of nitrogens with one attached hydrogen (secondary N) is 1. The van der Waals surface area contributed by atoms with E-state index in [-0.39, 0.29) is 17.5 Å². The first kappa shape index (κ1) is 19.1. The second-order valence-corrected chi connectivity index (χ2v) is 7.68. The van der Waals surface area contributed by atoms with Gasteiger partial charge in [-0.2, -0.15) is 0 Å². The highest BCUT2D eigenvalue weighted by Gasteiger charge is 2.16.